The van der Waals surface area contributed by atoms with E-state index in [1.54, 1.807) is 30.3 Å². The predicted molar refractivity (Wildman–Crippen MR) is 150 cm³/mol. The average Bonchev–Trinajstić information content (AvgIpc) is 3.28. The van der Waals surface area contributed by atoms with Gasteiger partial charge in [-0.1, -0.05) is 47.5 Å². The molecule has 5 rings (SSSR count). The first-order chi connectivity index (χ1) is 19.6. The highest BCUT2D eigenvalue weighted by molar-refractivity contribution is 6.32. The first-order valence-electron chi connectivity index (χ1n) is 12.0. The molecule has 0 spiro atoms. The van der Waals surface area contributed by atoms with Crippen LogP contribution in [-0.2, 0) is 22.5 Å². The average molecular weight is 600 g/mol. The maximum Gasteiger partial charge on any atom is 0.325 e. The van der Waals surface area contributed by atoms with Crippen molar-refractivity contribution in [1.29, 1.82) is 0 Å². The topological polar surface area (TPSA) is 151 Å². The molecule has 0 fully saturated rings. The van der Waals surface area contributed by atoms with E-state index < -0.39 is 17.6 Å². The Labute approximate surface area is 241 Å². The van der Waals surface area contributed by atoms with Gasteiger partial charge >= 0.3 is 5.97 Å². The smallest absolute Gasteiger partial charge is 0.325 e. The summed E-state index contributed by atoms with van der Waals surface area (Å²) in [4.78, 5) is 30.6. The van der Waals surface area contributed by atoms with Gasteiger partial charge in [0.15, 0.2) is 11.6 Å². The third kappa shape index (κ3) is 5.81. The van der Waals surface area contributed by atoms with Crippen LogP contribution in [0.25, 0.3) is 17.0 Å². The van der Waals surface area contributed by atoms with Gasteiger partial charge in [0.2, 0.25) is 0 Å². The van der Waals surface area contributed by atoms with Crippen molar-refractivity contribution in [1.82, 2.24) is 29.7 Å². The number of anilines is 3. The Balaban J connectivity index is 1.58. The number of hydrogen-bond acceptors (Lipinski definition) is 10. The lowest BCUT2D eigenvalue weighted by Gasteiger charge is -2.26. The second-order valence-corrected chi connectivity index (χ2v) is 9.55. The number of rotatable bonds is 8. The van der Waals surface area contributed by atoms with Gasteiger partial charge in [-0.3, -0.25) is 4.79 Å². The third-order valence-electron chi connectivity index (χ3n) is 6.10. The second-order valence-electron chi connectivity index (χ2n) is 8.81. The fraction of sp³-hybridized carbons (Fsp3) is 0.154. The van der Waals surface area contributed by atoms with E-state index in [2.05, 4.69) is 25.0 Å². The molecule has 0 saturated heterocycles. The van der Waals surface area contributed by atoms with E-state index in [-0.39, 0.29) is 58.6 Å². The monoisotopic (exact) mass is 599 g/mol. The molecule has 4 heterocycles. The molecule has 0 radical (unpaired) electrons. The fourth-order valence-corrected chi connectivity index (χ4v) is 4.63. The van der Waals surface area contributed by atoms with Crippen molar-refractivity contribution in [3.8, 4) is 5.95 Å². The number of methoxy groups -OCH3 is 1. The van der Waals surface area contributed by atoms with Crippen molar-refractivity contribution in [2.75, 3.05) is 30.0 Å². The van der Waals surface area contributed by atoms with Crippen LogP contribution in [0.3, 0.4) is 0 Å². The van der Waals surface area contributed by atoms with Gasteiger partial charge in [-0.2, -0.15) is 19.7 Å². The Kier molecular flexibility index (Phi) is 7.81. The lowest BCUT2D eigenvalue weighted by Crippen LogP contribution is -2.32. The molecule has 0 aliphatic heterocycles. The van der Waals surface area contributed by atoms with Crippen LogP contribution >= 0.6 is 23.2 Å². The summed E-state index contributed by atoms with van der Waals surface area (Å²) < 4.78 is 34.7. The summed E-state index contributed by atoms with van der Waals surface area (Å²) in [7, 11) is 1.23. The van der Waals surface area contributed by atoms with Crippen LogP contribution in [0.4, 0.5) is 26.1 Å². The molecule has 0 bridgehead atoms. The van der Waals surface area contributed by atoms with E-state index in [0.29, 0.717) is 22.3 Å². The van der Waals surface area contributed by atoms with Gasteiger partial charge in [0, 0.05) is 24.6 Å². The van der Waals surface area contributed by atoms with Crippen LogP contribution in [0.2, 0.25) is 10.3 Å². The summed E-state index contributed by atoms with van der Waals surface area (Å²) in [5.41, 5.74) is 14.6. The summed E-state index contributed by atoms with van der Waals surface area (Å²) in [5, 5.41) is 4.81. The summed E-state index contributed by atoms with van der Waals surface area (Å²) >= 11 is 12.2. The molecule has 0 unspecified atom stereocenters. The maximum absolute atomic E-state index is 14.4. The minimum atomic E-state index is -0.633. The highest BCUT2D eigenvalue weighted by Crippen LogP contribution is 2.32. The van der Waals surface area contributed by atoms with Crippen molar-refractivity contribution >= 4 is 57.5 Å². The van der Waals surface area contributed by atoms with E-state index in [1.165, 1.54) is 28.8 Å². The van der Waals surface area contributed by atoms with Crippen LogP contribution in [0, 0.1) is 11.6 Å². The molecule has 4 N–H and O–H groups in total. The van der Waals surface area contributed by atoms with Gasteiger partial charge in [-0.15, -0.1) is 0 Å². The summed E-state index contributed by atoms with van der Waals surface area (Å²) in [6.07, 6.45) is 1.11. The number of nitrogen functional groups attached to an aromatic ring is 2. The molecule has 0 atom stereocenters. The van der Waals surface area contributed by atoms with E-state index in [0.717, 1.165) is 6.20 Å². The Morgan fingerprint density at radius 2 is 1.78 bits per heavy atom. The number of esters is 1. The molecular weight excluding hydrogens is 579 g/mol. The van der Waals surface area contributed by atoms with Crippen LogP contribution in [0.15, 0.2) is 48.7 Å². The molecule has 4 aromatic heterocycles. The molecule has 15 heteroatoms. The van der Waals surface area contributed by atoms with Crippen LogP contribution in [0.5, 0.6) is 0 Å². The van der Waals surface area contributed by atoms with Gasteiger partial charge in [-0.05, 0) is 17.7 Å². The molecule has 5 aromatic rings. The molecule has 0 amide bonds. The number of hydrogen-bond donors (Lipinski definition) is 2. The van der Waals surface area contributed by atoms with Crippen molar-refractivity contribution in [2.45, 2.75) is 13.0 Å². The van der Waals surface area contributed by atoms with Gasteiger partial charge < -0.3 is 21.1 Å². The zero-order chi connectivity index (χ0) is 29.3. The molecule has 0 aliphatic carbocycles. The Bertz CT molecular complexity index is 1760. The second kappa shape index (κ2) is 11.5. The van der Waals surface area contributed by atoms with Gasteiger partial charge in [0.05, 0.1) is 24.5 Å². The number of aromatic nitrogens is 6. The van der Waals surface area contributed by atoms with Crippen LogP contribution < -0.4 is 16.4 Å². The van der Waals surface area contributed by atoms with Gasteiger partial charge in [0.1, 0.15) is 39.7 Å². The third-order valence-corrected chi connectivity index (χ3v) is 6.64. The zero-order valence-corrected chi connectivity index (χ0v) is 22.9. The van der Waals surface area contributed by atoms with Crippen LogP contribution in [0.1, 0.15) is 16.8 Å². The van der Waals surface area contributed by atoms with E-state index >= 15 is 0 Å². The fourth-order valence-electron chi connectivity index (χ4n) is 4.22. The molecule has 1 aromatic carbocycles. The number of carbonyl (C=O) groups excluding carboxylic acids is 1. The summed E-state index contributed by atoms with van der Waals surface area (Å²) in [6.45, 7) is -0.249. The Morgan fingerprint density at radius 3 is 2.46 bits per heavy atom. The zero-order valence-electron chi connectivity index (χ0n) is 21.4. The predicted octanol–water partition coefficient (Wildman–Crippen LogP) is 4.13. The van der Waals surface area contributed by atoms with Gasteiger partial charge in [0.25, 0.3) is 5.95 Å². The standard InChI is InChI=1S/C26H21Cl2F2N9O2/c1-41-20(40)12-38(11-14-6-7-19(27)34-23(14)28)22-24(31)35-26(36-25(22)32)39-18-9-15(29)10-33-21(18)17(37-39)8-13-4-2-3-5-16(13)30/h2-7,9-10H,8,11-12H2,1H3,(H4,31,32,35,36). The highest BCUT2D eigenvalue weighted by atomic mass is 35.5. The molecule has 11 nitrogen and oxygen atoms in total. The largest absolute Gasteiger partial charge is 0.468 e. The molecule has 210 valence electrons. The number of pyridine rings is 2. The molecule has 41 heavy (non-hydrogen) atoms. The minimum Gasteiger partial charge on any atom is -0.468 e. The van der Waals surface area contributed by atoms with Crippen LogP contribution in [-0.4, -0.2) is 49.3 Å². The lowest BCUT2D eigenvalue weighted by atomic mass is 10.1. The summed E-state index contributed by atoms with van der Waals surface area (Å²) in [5.74, 6) is -1.97. The van der Waals surface area contributed by atoms with Gasteiger partial charge in [-0.25, -0.2) is 18.7 Å². The summed E-state index contributed by atoms with van der Waals surface area (Å²) in [6, 6.07) is 10.6. The lowest BCUT2D eigenvalue weighted by molar-refractivity contribution is -0.138. The normalized spacial score (nSPS) is 11.1. The number of halogens is 4. The van der Waals surface area contributed by atoms with E-state index in [1.807, 2.05) is 0 Å². The maximum atomic E-state index is 14.4. The van der Waals surface area contributed by atoms with E-state index in [4.69, 9.17) is 39.4 Å². The number of fused-ring (bicyclic) bond motifs is 1. The number of carbonyl (C=O) groups is 1. The highest BCUT2D eigenvalue weighted by Gasteiger charge is 2.24. The van der Waals surface area contributed by atoms with Crippen molar-refractivity contribution in [3.63, 3.8) is 0 Å². The SMILES string of the molecule is COC(=O)CN(Cc1ccc(Cl)nc1Cl)c1c(N)nc(-n2nc(Cc3ccccc3F)c3ncc(F)cc32)nc1N. The van der Waals surface area contributed by atoms with Crippen molar-refractivity contribution in [3.05, 3.63) is 87.4 Å². The number of benzene rings is 1. The van der Waals surface area contributed by atoms with Crippen molar-refractivity contribution in [2.24, 2.45) is 0 Å². The molecule has 0 saturated carbocycles. The van der Waals surface area contributed by atoms with Crippen molar-refractivity contribution < 1.29 is 18.3 Å². The van der Waals surface area contributed by atoms with E-state index in [9.17, 15) is 13.6 Å². The number of ether oxygens (including phenoxy) is 1. The first kappa shape index (κ1) is 27.9. The Hall–Kier alpha value is -4.62. The molecular formula is C26H21Cl2F2N9O2. The quantitative estimate of drug-likeness (QED) is 0.197. The molecule has 0 aliphatic rings. The number of nitrogens with two attached hydrogens (primary N) is 2. The first-order valence-corrected chi connectivity index (χ1v) is 12.7. The minimum absolute atomic E-state index is 0.0296. The number of nitrogens with zero attached hydrogens (tertiary/aromatic N) is 7. The Morgan fingerprint density at radius 1 is 1.05 bits per heavy atom.